The van der Waals surface area contributed by atoms with Crippen LogP contribution in [0.1, 0.15) is 5.56 Å². The Kier molecular flexibility index (Phi) is 3.64. The van der Waals surface area contributed by atoms with E-state index < -0.39 is 0 Å². The van der Waals surface area contributed by atoms with Crippen LogP contribution in [0.3, 0.4) is 0 Å². The molecule has 5 heteroatoms. The van der Waals surface area contributed by atoms with Gasteiger partial charge in [-0.1, -0.05) is 17.7 Å². The predicted octanol–water partition coefficient (Wildman–Crippen LogP) is 3.42. The van der Waals surface area contributed by atoms with Crippen molar-refractivity contribution in [2.24, 2.45) is 0 Å². The van der Waals surface area contributed by atoms with Gasteiger partial charge >= 0.3 is 0 Å². The van der Waals surface area contributed by atoms with E-state index >= 15 is 0 Å². The summed E-state index contributed by atoms with van der Waals surface area (Å²) in [7, 11) is 1.64. The molecule has 0 amide bonds. The van der Waals surface area contributed by atoms with Gasteiger partial charge in [-0.15, -0.1) is 11.3 Å². The first kappa shape index (κ1) is 11.2. The molecule has 1 aromatic heterocycles. The average molecular weight is 255 g/mol. The van der Waals surface area contributed by atoms with Gasteiger partial charge < -0.3 is 10.1 Å². The molecule has 84 valence electrons. The summed E-state index contributed by atoms with van der Waals surface area (Å²) in [4.78, 5) is 4.14. The predicted molar refractivity (Wildman–Crippen MR) is 67.4 cm³/mol. The van der Waals surface area contributed by atoms with E-state index in [1.54, 1.807) is 24.6 Å². The monoisotopic (exact) mass is 254 g/mol. The van der Waals surface area contributed by atoms with E-state index in [1.807, 2.05) is 23.6 Å². The SMILES string of the molecule is COc1cccc(Cl)c1CNc1nccs1. The Morgan fingerprint density at radius 2 is 2.38 bits per heavy atom. The number of nitrogens with zero attached hydrogens (tertiary/aromatic N) is 1. The standard InChI is InChI=1S/C11H11ClN2OS/c1-15-10-4-2-3-9(12)8(10)7-14-11-13-5-6-16-11/h2-6H,7H2,1H3,(H,13,14). The van der Waals surface area contributed by atoms with E-state index in [9.17, 15) is 0 Å². The van der Waals surface area contributed by atoms with Crippen molar-refractivity contribution in [1.29, 1.82) is 0 Å². The Morgan fingerprint density at radius 1 is 1.50 bits per heavy atom. The zero-order valence-corrected chi connectivity index (χ0v) is 10.3. The topological polar surface area (TPSA) is 34.1 Å². The Morgan fingerprint density at radius 3 is 3.06 bits per heavy atom. The highest BCUT2D eigenvalue weighted by molar-refractivity contribution is 7.13. The van der Waals surface area contributed by atoms with Crippen LogP contribution < -0.4 is 10.1 Å². The molecule has 0 unspecified atom stereocenters. The third-order valence-electron chi connectivity index (χ3n) is 2.14. The van der Waals surface area contributed by atoms with E-state index in [1.165, 1.54) is 0 Å². The summed E-state index contributed by atoms with van der Waals surface area (Å²) in [6, 6.07) is 5.61. The number of methoxy groups -OCH3 is 1. The minimum atomic E-state index is 0.607. The number of rotatable bonds is 4. The van der Waals surface area contributed by atoms with Gasteiger partial charge in [-0.05, 0) is 12.1 Å². The van der Waals surface area contributed by atoms with Crippen LogP contribution >= 0.6 is 22.9 Å². The summed E-state index contributed by atoms with van der Waals surface area (Å²) >= 11 is 7.67. The molecule has 3 nitrogen and oxygen atoms in total. The molecule has 0 aliphatic heterocycles. The van der Waals surface area contributed by atoms with Crippen LogP contribution in [0.15, 0.2) is 29.8 Å². The summed E-state index contributed by atoms with van der Waals surface area (Å²) in [6.45, 7) is 0.607. The summed E-state index contributed by atoms with van der Waals surface area (Å²) in [5, 5.41) is 6.70. The van der Waals surface area contributed by atoms with Gasteiger partial charge in [0, 0.05) is 28.7 Å². The van der Waals surface area contributed by atoms with Crippen LogP contribution in [0, 0.1) is 0 Å². The molecular formula is C11H11ClN2OS. The molecule has 0 fully saturated rings. The summed E-state index contributed by atoms with van der Waals surface area (Å²) in [5.74, 6) is 0.788. The lowest BCUT2D eigenvalue weighted by atomic mass is 10.2. The fraction of sp³-hybridized carbons (Fsp3) is 0.182. The van der Waals surface area contributed by atoms with Gasteiger partial charge in [-0.25, -0.2) is 4.98 Å². The molecule has 0 saturated heterocycles. The van der Waals surface area contributed by atoms with Crippen LogP contribution in [0.2, 0.25) is 5.02 Å². The summed E-state index contributed by atoms with van der Waals surface area (Å²) in [6.07, 6.45) is 1.76. The molecule has 0 aliphatic rings. The van der Waals surface area contributed by atoms with Crippen molar-refractivity contribution >= 4 is 28.1 Å². The average Bonchev–Trinajstić information content (AvgIpc) is 2.80. The molecule has 0 aliphatic carbocycles. The third-order valence-corrected chi connectivity index (χ3v) is 3.23. The van der Waals surface area contributed by atoms with Gasteiger partial charge in [0.15, 0.2) is 5.13 Å². The zero-order valence-electron chi connectivity index (χ0n) is 8.74. The highest BCUT2D eigenvalue weighted by Gasteiger charge is 2.07. The smallest absolute Gasteiger partial charge is 0.182 e. The van der Waals surface area contributed by atoms with Gasteiger partial charge in [-0.3, -0.25) is 0 Å². The van der Waals surface area contributed by atoms with Crippen LogP contribution in [0.4, 0.5) is 5.13 Å². The van der Waals surface area contributed by atoms with E-state index in [4.69, 9.17) is 16.3 Å². The van der Waals surface area contributed by atoms with E-state index in [-0.39, 0.29) is 0 Å². The maximum absolute atomic E-state index is 6.11. The number of hydrogen-bond donors (Lipinski definition) is 1. The number of thiazole rings is 1. The number of halogens is 1. The second kappa shape index (κ2) is 5.18. The van der Waals surface area contributed by atoms with Crippen LogP contribution in [-0.2, 0) is 6.54 Å². The molecule has 0 saturated carbocycles. The molecule has 16 heavy (non-hydrogen) atoms. The number of benzene rings is 1. The summed E-state index contributed by atoms with van der Waals surface area (Å²) < 4.78 is 5.25. The van der Waals surface area contributed by atoms with Crippen molar-refractivity contribution in [2.75, 3.05) is 12.4 Å². The first-order chi connectivity index (χ1) is 7.81. The molecule has 0 bridgehead atoms. The third kappa shape index (κ3) is 2.46. The highest BCUT2D eigenvalue weighted by Crippen LogP contribution is 2.27. The Bertz CT molecular complexity index is 459. The number of nitrogens with one attached hydrogen (secondary N) is 1. The second-order valence-corrected chi connectivity index (χ2v) is 4.41. The maximum atomic E-state index is 6.11. The molecule has 2 aromatic rings. The van der Waals surface area contributed by atoms with Crippen molar-refractivity contribution in [3.05, 3.63) is 40.4 Å². The molecule has 1 N–H and O–H groups in total. The van der Waals surface area contributed by atoms with E-state index in [0.717, 1.165) is 16.4 Å². The Labute approximate surface area is 103 Å². The van der Waals surface area contributed by atoms with Gasteiger partial charge in [0.2, 0.25) is 0 Å². The van der Waals surface area contributed by atoms with Gasteiger partial charge in [0.05, 0.1) is 7.11 Å². The zero-order chi connectivity index (χ0) is 11.4. The number of anilines is 1. The largest absolute Gasteiger partial charge is 0.496 e. The molecule has 0 atom stereocenters. The lowest BCUT2D eigenvalue weighted by Crippen LogP contribution is -2.02. The van der Waals surface area contributed by atoms with Crippen molar-refractivity contribution in [1.82, 2.24) is 4.98 Å². The molecular weight excluding hydrogens is 244 g/mol. The lowest BCUT2D eigenvalue weighted by Gasteiger charge is -2.10. The van der Waals surface area contributed by atoms with Crippen molar-refractivity contribution in [2.45, 2.75) is 6.54 Å². The fourth-order valence-corrected chi connectivity index (χ4v) is 2.14. The molecule has 1 aromatic carbocycles. The number of aromatic nitrogens is 1. The number of hydrogen-bond acceptors (Lipinski definition) is 4. The second-order valence-electron chi connectivity index (χ2n) is 3.11. The minimum absolute atomic E-state index is 0.607. The van der Waals surface area contributed by atoms with E-state index in [0.29, 0.717) is 11.6 Å². The van der Waals surface area contributed by atoms with E-state index in [2.05, 4.69) is 10.3 Å². The maximum Gasteiger partial charge on any atom is 0.182 e. The quantitative estimate of drug-likeness (QED) is 0.908. The van der Waals surface area contributed by atoms with Crippen LogP contribution in [0.25, 0.3) is 0 Å². The van der Waals surface area contributed by atoms with Crippen LogP contribution in [0.5, 0.6) is 5.75 Å². The lowest BCUT2D eigenvalue weighted by molar-refractivity contribution is 0.410. The van der Waals surface area contributed by atoms with Gasteiger partial charge in [0.25, 0.3) is 0 Å². The van der Waals surface area contributed by atoms with Crippen molar-refractivity contribution in [3.8, 4) is 5.75 Å². The number of ether oxygens (including phenoxy) is 1. The summed E-state index contributed by atoms with van der Waals surface area (Å²) in [5.41, 5.74) is 0.946. The Hall–Kier alpha value is -1.26. The van der Waals surface area contributed by atoms with Gasteiger partial charge in [0.1, 0.15) is 5.75 Å². The first-order valence-electron chi connectivity index (χ1n) is 4.76. The fourth-order valence-electron chi connectivity index (χ4n) is 1.38. The van der Waals surface area contributed by atoms with Crippen molar-refractivity contribution < 1.29 is 4.74 Å². The van der Waals surface area contributed by atoms with Crippen molar-refractivity contribution in [3.63, 3.8) is 0 Å². The van der Waals surface area contributed by atoms with Crippen LogP contribution in [-0.4, -0.2) is 12.1 Å². The molecule has 0 radical (unpaired) electrons. The Balaban J connectivity index is 2.14. The first-order valence-corrected chi connectivity index (χ1v) is 6.02. The highest BCUT2D eigenvalue weighted by atomic mass is 35.5. The normalized spacial score (nSPS) is 10.1. The minimum Gasteiger partial charge on any atom is -0.496 e. The molecule has 2 rings (SSSR count). The molecule has 1 heterocycles. The van der Waals surface area contributed by atoms with Gasteiger partial charge in [-0.2, -0.15) is 0 Å². The molecule has 0 spiro atoms.